The summed E-state index contributed by atoms with van der Waals surface area (Å²) in [5, 5.41) is 0. The monoisotopic (exact) mass is 237 g/mol. The molecule has 2 aliphatic heterocycles. The van der Waals surface area contributed by atoms with E-state index in [4.69, 9.17) is 0 Å². The molecular weight excluding hydrogens is 206 g/mol. The molecule has 3 unspecified atom stereocenters. The minimum Gasteiger partial charge on any atom is -0.292 e. The number of fused-ring (bicyclic) bond motifs is 2. The van der Waals surface area contributed by atoms with Crippen LogP contribution in [0.5, 0.6) is 0 Å². The predicted octanol–water partition coefficient (Wildman–Crippen LogP) is 4.32. The lowest BCUT2D eigenvalue weighted by Crippen LogP contribution is -2.58. The second-order valence-electron chi connectivity index (χ2n) is 7.40. The zero-order valence-corrected chi connectivity index (χ0v) is 12.7. The van der Waals surface area contributed by atoms with Crippen molar-refractivity contribution in [2.24, 2.45) is 17.8 Å². The molecule has 0 aliphatic carbocycles. The second-order valence-corrected chi connectivity index (χ2v) is 7.40. The molecule has 100 valence electrons. The summed E-state index contributed by atoms with van der Waals surface area (Å²) in [5.74, 6) is 2.62. The maximum Gasteiger partial charge on any atom is 0.0241 e. The Balaban J connectivity index is 2.28. The highest BCUT2D eigenvalue weighted by Crippen LogP contribution is 2.52. The molecule has 2 fully saturated rings. The summed E-state index contributed by atoms with van der Waals surface area (Å²) in [6.45, 7) is 14.5. The normalized spacial score (nSPS) is 38.6. The molecule has 2 rings (SSSR count). The predicted molar refractivity (Wildman–Crippen MR) is 75.1 cm³/mol. The average Bonchev–Trinajstić information content (AvgIpc) is 2.47. The van der Waals surface area contributed by atoms with E-state index in [2.05, 4.69) is 46.4 Å². The van der Waals surface area contributed by atoms with Crippen molar-refractivity contribution in [2.75, 3.05) is 0 Å². The molecule has 0 aromatic carbocycles. The van der Waals surface area contributed by atoms with Crippen LogP contribution in [0.15, 0.2) is 0 Å². The molecule has 3 atom stereocenters. The fourth-order valence-electron chi connectivity index (χ4n) is 4.64. The van der Waals surface area contributed by atoms with E-state index >= 15 is 0 Å². The highest BCUT2D eigenvalue weighted by molar-refractivity contribution is 5.08. The molecule has 2 bridgehead atoms. The zero-order valence-electron chi connectivity index (χ0n) is 12.7. The Bertz CT molecular complexity index is 269. The van der Waals surface area contributed by atoms with E-state index in [9.17, 15) is 0 Å². The van der Waals surface area contributed by atoms with Gasteiger partial charge in [0.25, 0.3) is 0 Å². The second kappa shape index (κ2) is 4.57. The fraction of sp³-hybridized carbons (Fsp3) is 1.00. The molecule has 0 radical (unpaired) electrons. The molecule has 0 spiro atoms. The van der Waals surface area contributed by atoms with Crippen molar-refractivity contribution in [2.45, 2.75) is 84.8 Å². The topological polar surface area (TPSA) is 3.24 Å². The van der Waals surface area contributed by atoms with Gasteiger partial charge >= 0.3 is 0 Å². The fourth-order valence-corrected chi connectivity index (χ4v) is 4.64. The van der Waals surface area contributed by atoms with Gasteiger partial charge in [0.2, 0.25) is 0 Å². The molecular formula is C16H31N. The Kier molecular flexibility index (Phi) is 3.60. The van der Waals surface area contributed by atoms with Crippen LogP contribution in [0.4, 0.5) is 0 Å². The van der Waals surface area contributed by atoms with Crippen molar-refractivity contribution in [3.05, 3.63) is 0 Å². The van der Waals surface area contributed by atoms with Crippen molar-refractivity contribution < 1.29 is 0 Å². The number of hydrogen-bond donors (Lipinski definition) is 0. The lowest BCUT2D eigenvalue weighted by molar-refractivity contribution is -0.0384. The van der Waals surface area contributed by atoms with Gasteiger partial charge in [-0.15, -0.1) is 0 Å². The summed E-state index contributed by atoms with van der Waals surface area (Å²) < 4.78 is 0. The summed E-state index contributed by atoms with van der Waals surface area (Å²) in [5.41, 5.74) is 0.520. The summed E-state index contributed by atoms with van der Waals surface area (Å²) in [6, 6.07) is 1.59. The zero-order chi connectivity index (χ0) is 12.8. The first-order valence-electron chi connectivity index (χ1n) is 7.67. The third-order valence-corrected chi connectivity index (χ3v) is 5.58. The number of rotatable bonds is 3. The lowest BCUT2D eigenvalue weighted by atomic mass is 9.71. The Labute approximate surface area is 108 Å². The van der Waals surface area contributed by atoms with Gasteiger partial charge < -0.3 is 0 Å². The van der Waals surface area contributed by atoms with Crippen molar-refractivity contribution in [3.8, 4) is 0 Å². The number of piperidine rings is 1. The van der Waals surface area contributed by atoms with E-state index in [-0.39, 0.29) is 0 Å². The van der Waals surface area contributed by atoms with Crippen LogP contribution in [0.25, 0.3) is 0 Å². The molecule has 17 heavy (non-hydrogen) atoms. The average molecular weight is 237 g/mol. The smallest absolute Gasteiger partial charge is 0.0241 e. The van der Waals surface area contributed by atoms with Crippen LogP contribution in [0.2, 0.25) is 0 Å². The Hall–Kier alpha value is -0.0400. The van der Waals surface area contributed by atoms with Gasteiger partial charge in [-0.05, 0) is 57.3 Å². The Morgan fingerprint density at radius 3 is 2.18 bits per heavy atom. The van der Waals surface area contributed by atoms with Crippen molar-refractivity contribution in [1.29, 1.82) is 0 Å². The van der Waals surface area contributed by atoms with Gasteiger partial charge in [-0.3, -0.25) is 4.90 Å². The van der Waals surface area contributed by atoms with Gasteiger partial charge in [0.1, 0.15) is 0 Å². The van der Waals surface area contributed by atoms with Gasteiger partial charge in [-0.2, -0.15) is 0 Å². The quantitative estimate of drug-likeness (QED) is 0.706. The third kappa shape index (κ3) is 2.05. The Morgan fingerprint density at radius 2 is 1.71 bits per heavy atom. The molecule has 2 aliphatic rings. The van der Waals surface area contributed by atoms with Gasteiger partial charge in [-0.25, -0.2) is 0 Å². The molecule has 0 aromatic heterocycles. The highest BCUT2D eigenvalue weighted by atomic mass is 15.3. The lowest BCUT2D eigenvalue weighted by Gasteiger charge is -2.53. The van der Waals surface area contributed by atoms with Crippen molar-refractivity contribution in [1.82, 2.24) is 4.90 Å². The molecule has 1 nitrogen and oxygen atoms in total. The van der Waals surface area contributed by atoms with E-state index in [1.165, 1.54) is 25.7 Å². The molecule has 2 saturated heterocycles. The van der Waals surface area contributed by atoms with Crippen molar-refractivity contribution >= 4 is 0 Å². The summed E-state index contributed by atoms with van der Waals surface area (Å²) in [4.78, 5) is 2.89. The minimum atomic E-state index is 0.520. The van der Waals surface area contributed by atoms with E-state index < -0.39 is 0 Å². The van der Waals surface area contributed by atoms with Crippen LogP contribution in [-0.4, -0.2) is 22.5 Å². The van der Waals surface area contributed by atoms with Gasteiger partial charge in [0.15, 0.2) is 0 Å². The third-order valence-electron chi connectivity index (χ3n) is 5.58. The minimum absolute atomic E-state index is 0.520. The molecule has 0 aromatic rings. The van der Waals surface area contributed by atoms with Gasteiger partial charge in [-0.1, -0.05) is 27.7 Å². The summed E-state index contributed by atoms with van der Waals surface area (Å²) in [7, 11) is 0. The van der Waals surface area contributed by atoms with Crippen molar-refractivity contribution in [3.63, 3.8) is 0 Å². The summed E-state index contributed by atoms with van der Waals surface area (Å²) >= 11 is 0. The molecule has 0 amide bonds. The molecule has 0 saturated carbocycles. The van der Waals surface area contributed by atoms with Crippen LogP contribution in [0.1, 0.15) is 67.2 Å². The highest BCUT2D eigenvalue weighted by Gasteiger charge is 2.53. The Morgan fingerprint density at radius 1 is 1.06 bits per heavy atom. The van der Waals surface area contributed by atoms with E-state index in [1.807, 2.05) is 0 Å². The van der Waals surface area contributed by atoms with Gasteiger partial charge in [0, 0.05) is 17.6 Å². The van der Waals surface area contributed by atoms with Crippen LogP contribution < -0.4 is 0 Å². The molecule has 0 N–H and O–H groups in total. The van der Waals surface area contributed by atoms with E-state index in [0.29, 0.717) is 5.54 Å². The maximum atomic E-state index is 2.89. The molecule has 2 heterocycles. The van der Waals surface area contributed by atoms with E-state index in [1.54, 1.807) is 0 Å². The standard InChI is InChI=1S/C16H31N/c1-11(2)14-9-15-7-8-16(10-14,12(3)4)17(15)13(5)6/h11-15H,7-10H2,1-6H3. The van der Waals surface area contributed by atoms with Crippen LogP contribution >= 0.6 is 0 Å². The maximum absolute atomic E-state index is 2.89. The number of nitrogens with zero attached hydrogens (tertiary/aromatic N) is 1. The SMILES string of the molecule is CC(C)C1CC2CCC(C(C)C)(C1)N2C(C)C. The first-order valence-corrected chi connectivity index (χ1v) is 7.67. The molecule has 1 heteroatoms. The first kappa shape index (κ1) is 13.4. The van der Waals surface area contributed by atoms with E-state index in [0.717, 1.165) is 29.8 Å². The largest absolute Gasteiger partial charge is 0.292 e. The summed E-state index contributed by atoms with van der Waals surface area (Å²) in [6.07, 6.45) is 5.78. The van der Waals surface area contributed by atoms with Gasteiger partial charge in [0.05, 0.1) is 0 Å². The van der Waals surface area contributed by atoms with Crippen LogP contribution in [-0.2, 0) is 0 Å². The van der Waals surface area contributed by atoms with Crippen LogP contribution in [0, 0.1) is 17.8 Å². The first-order chi connectivity index (χ1) is 7.88. The van der Waals surface area contributed by atoms with Crippen LogP contribution in [0.3, 0.4) is 0 Å². The number of hydrogen-bond acceptors (Lipinski definition) is 1.